The lowest BCUT2D eigenvalue weighted by atomic mass is 10.1. The van der Waals surface area contributed by atoms with Gasteiger partial charge in [-0.25, -0.2) is 0 Å². The van der Waals surface area contributed by atoms with Gasteiger partial charge in [-0.2, -0.15) is 0 Å². The first kappa shape index (κ1) is 15.4. The second-order valence-electron chi connectivity index (χ2n) is 6.39. The molecule has 22 heavy (non-hydrogen) atoms. The van der Waals surface area contributed by atoms with Gasteiger partial charge in [-0.3, -0.25) is 0 Å². The molecule has 0 atom stereocenters. The van der Waals surface area contributed by atoms with Crippen molar-refractivity contribution in [2.24, 2.45) is 0 Å². The van der Waals surface area contributed by atoms with E-state index in [0.29, 0.717) is 0 Å². The van der Waals surface area contributed by atoms with Crippen molar-refractivity contribution in [3.8, 4) is 5.75 Å². The smallest absolute Gasteiger partial charge is 0.119 e. The van der Waals surface area contributed by atoms with E-state index in [1.165, 1.54) is 61.3 Å². The van der Waals surface area contributed by atoms with Crippen molar-refractivity contribution in [2.45, 2.75) is 19.8 Å². The lowest BCUT2D eigenvalue weighted by molar-refractivity contribution is 0.153. The van der Waals surface area contributed by atoms with Gasteiger partial charge in [0, 0.05) is 42.8 Å². The van der Waals surface area contributed by atoms with Crippen LogP contribution in [0.5, 0.6) is 5.75 Å². The van der Waals surface area contributed by atoms with Gasteiger partial charge in [0.2, 0.25) is 0 Å². The minimum absolute atomic E-state index is 0.937. The summed E-state index contributed by atoms with van der Waals surface area (Å²) >= 11 is 0. The minimum Gasteiger partial charge on any atom is -0.497 e. The number of hydrogen-bond donors (Lipinski definition) is 1. The van der Waals surface area contributed by atoms with Crippen LogP contribution in [0.3, 0.4) is 0 Å². The number of piperazine rings is 1. The number of aryl methyl sites for hydroxylation is 2. The van der Waals surface area contributed by atoms with Crippen LogP contribution in [-0.4, -0.2) is 61.7 Å². The van der Waals surface area contributed by atoms with E-state index >= 15 is 0 Å². The molecule has 1 aliphatic rings. The molecule has 1 saturated heterocycles. The first-order valence-electron chi connectivity index (χ1n) is 8.23. The summed E-state index contributed by atoms with van der Waals surface area (Å²) in [6, 6.07) is 6.29. The van der Waals surface area contributed by atoms with Gasteiger partial charge in [0.15, 0.2) is 0 Å². The number of aromatic nitrogens is 1. The summed E-state index contributed by atoms with van der Waals surface area (Å²) in [5.41, 5.74) is 3.96. The molecule has 1 fully saturated rings. The number of likely N-dealkylation sites (N-methyl/N-ethyl adjacent to an activating group) is 1. The van der Waals surface area contributed by atoms with Crippen molar-refractivity contribution in [1.82, 2.24) is 14.8 Å². The summed E-state index contributed by atoms with van der Waals surface area (Å²) < 4.78 is 5.37. The molecular formula is C18H27N3O. The Kier molecular flexibility index (Phi) is 4.69. The van der Waals surface area contributed by atoms with Crippen LogP contribution in [0.25, 0.3) is 10.9 Å². The van der Waals surface area contributed by atoms with Crippen molar-refractivity contribution in [3.63, 3.8) is 0 Å². The Hall–Kier alpha value is -1.52. The van der Waals surface area contributed by atoms with E-state index in [1.807, 2.05) is 6.07 Å². The van der Waals surface area contributed by atoms with E-state index in [0.717, 1.165) is 12.2 Å². The number of H-pyrrole nitrogens is 1. The van der Waals surface area contributed by atoms with Gasteiger partial charge in [-0.05, 0) is 57.1 Å². The van der Waals surface area contributed by atoms with Crippen LogP contribution in [0.15, 0.2) is 18.2 Å². The molecule has 0 saturated carbocycles. The zero-order chi connectivity index (χ0) is 15.5. The van der Waals surface area contributed by atoms with Gasteiger partial charge < -0.3 is 19.5 Å². The van der Waals surface area contributed by atoms with Crippen LogP contribution < -0.4 is 4.74 Å². The molecular weight excluding hydrogens is 274 g/mol. The summed E-state index contributed by atoms with van der Waals surface area (Å²) in [4.78, 5) is 8.49. The largest absolute Gasteiger partial charge is 0.497 e. The Balaban J connectivity index is 1.64. The molecule has 120 valence electrons. The Morgan fingerprint density at radius 2 is 1.95 bits per heavy atom. The molecule has 0 spiro atoms. The Morgan fingerprint density at radius 3 is 2.68 bits per heavy atom. The van der Waals surface area contributed by atoms with Crippen LogP contribution >= 0.6 is 0 Å². The fourth-order valence-electron chi connectivity index (χ4n) is 3.36. The van der Waals surface area contributed by atoms with Crippen LogP contribution in [0.2, 0.25) is 0 Å². The molecule has 2 aromatic rings. The third-order valence-corrected chi connectivity index (χ3v) is 4.82. The molecule has 0 aliphatic carbocycles. The molecule has 1 aromatic heterocycles. The molecule has 0 unspecified atom stereocenters. The summed E-state index contributed by atoms with van der Waals surface area (Å²) in [6.45, 7) is 8.18. The number of rotatable bonds is 5. The van der Waals surface area contributed by atoms with Crippen LogP contribution in [0.1, 0.15) is 17.7 Å². The second-order valence-corrected chi connectivity index (χ2v) is 6.39. The van der Waals surface area contributed by atoms with Gasteiger partial charge in [-0.1, -0.05) is 0 Å². The SMILES string of the molecule is COc1ccc2[nH]c(C)c(CCCN3CCN(C)CC3)c2c1. The molecule has 3 rings (SSSR count). The highest BCUT2D eigenvalue weighted by Gasteiger charge is 2.14. The second kappa shape index (κ2) is 6.71. The molecule has 4 nitrogen and oxygen atoms in total. The van der Waals surface area contributed by atoms with E-state index in [4.69, 9.17) is 4.74 Å². The van der Waals surface area contributed by atoms with Gasteiger partial charge in [0.1, 0.15) is 5.75 Å². The number of aromatic amines is 1. The van der Waals surface area contributed by atoms with E-state index in [2.05, 4.69) is 40.9 Å². The normalized spacial score (nSPS) is 17.2. The first-order chi connectivity index (χ1) is 10.7. The highest BCUT2D eigenvalue weighted by molar-refractivity contribution is 5.86. The van der Waals surface area contributed by atoms with E-state index in [1.54, 1.807) is 7.11 Å². The molecule has 0 bridgehead atoms. The zero-order valence-electron chi connectivity index (χ0n) is 14.0. The molecule has 0 amide bonds. The highest BCUT2D eigenvalue weighted by atomic mass is 16.5. The number of nitrogens with one attached hydrogen (secondary N) is 1. The maximum atomic E-state index is 5.37. The average Bonchev–Trinajstić information content (AvgIpc) is 2.84. The van der Waals surface area contributed by atoms with Crippen molar-refractivity contribution in [1.29, 1.82) is 0 Å². The third kappa shape index (κ3) is 3.28. The fourth-order valence-corrected chi connectivity index (χ4v) is 3.36. The standard InChI is InChI=1S/C18H27N3O/c1-14-16(5-4-8-21-11-9-20(2)10-12-21)17-13-15(22-3)6-7-18(17)19-14/h6-7,13,19H,4-5,8-12H2,1-3H3. The van der Waals surface area contributed by atoms with E-state index in [9.17, 15) is 0 Å². The van der Waals surface area contributed by atoms with Gasteiger partial charge >= 0.3 is 0 Å². The molecule has 1 aliphatic heterocycles. The van der Waals surface area contributed by atoms with E-state index < -0.39 is 0 Å². The molecule has 0 radical (unpaired) electrons. The fraction of sp³-hybridized carbons (Fsp3) is 0.556. The van der Waals surface area contributed by atoms with Crippen molar-refractivity contribution >= 4 is 10.9 Å². The summed E-state index contributed by atoms with van der Waals surface area (Å²) in [5.74, 6) is 0.937. The number of benzene rings is 1. The maximum Gasteiger partial charge on any atom is 0.119 e. The number of hydrogen-bond acceptors (Lipinski definition) is 3. The zero-order valence-corrected chi connectivity index (χ0v) is 14.0. The van der Waals surface area contributed by atoms with E-state index in [-0.39, 0.29) is 0 Å². The van der Waals surface area contributed by atoms with Crippen LogP contribution in [-0.2, 0) is 6.42 Å². The third-order valence-electron chi connectivity index (χ3n) is 4.82. The number of ether oxygens (including phenoxy) is 1. The predicted molar refractivity (Wildman–Crippen MR) is 91.8 cm³/mol. The maximum absolute atomic E-state index is 5.37. The van der Waals surface area contributed by atoms with Crippen molar-refractivity contribution in [2.75, 3.05) is 46.9 Å². The average molecular weight is 301 g/mol. The monoisotopic (exact) mass is 301 g/mol. The Bertz CT molecular complexity index is 627. The summed E-state index contributed by atoms with van der Waals surface area (Å²) in [7, 11) is 3.94. The van der Waals surface area contributed by atoms with Gasteiger partial charge in [-0.15, -0.1) is 0 Å². The van der Waals surface area contributed by atoms with Crippen LogP contribution in [0, 0.1) is 6.92 Å². The minimum atomic E-state index is 0.937. The summed E-state index contributed by atoms with van der Waals surface area (Å²) in [5, 5.41) is 1.32. The van der Waals surface area contributed by atoms with Gasteiger partial charge in [0.25, 0.3) is 0 Å². The lowest BCUT2D eigenvalue weighted by Gasteiger charge is -2.32. The molecule has 4 heteroatoms. The number of nitrogens with zero attached hydrogens (tertiary/aromatic N) is 2. The van der Waals surface area contributed by atoms with Gasteiger partial charge in [0.05, 0.1) is 7.11 Å². The number of methoxy groups -OCH3 is 1. The topological polar surface area (TPSA) is 31.5 Å². The van der Waals surface area contributed by atoms with Crippen molar-refractivity contribution in [3.05, 3.63) is 29.5 Å². The molecule has 1 aromatic carbocycles. The predicted octanol–water partition coefficient (Wildman–Crippen LogP) is 2.66. The highest BCUT2D eigenvalue weighted by Crippen LogP contribution is 2.27. The lowest BCUT2D eigenvalue weighted by Crippen LogP contribution is -2.44. The quantitative estimate of drug-likeness (QED) is 0.921. The Labute approximate surface area is 133 Å². The first-order valence-corrected chi connectivity index (χ1v) is 8.23. The molecule has 2 heterocycles. The Morgan fingerprint density at radius 1 is 1.18 bits per heavy atom. The molecule has 1 N–H and O–H groups in total. The number of fused-ring (bicyclic) bond motifs is 1. The van der Waals surface area contributed by atoms with Crippen LogP contribution in [0.4, 0.5) is 0 Å². The van der Waals surface area contributed by atoms with Crippen molar-refractivity contribution < 1.29 is 4.74 Å². The summed E-state index contributed by atoms with van der Waals surface area (Å²) in [6.07, 6.45) is 2.35.